The van der Waals surface area contributed by atoms with Crippen molar-refractivity contribution >= 4 is 5.91 Å². The molecule has 27 heavy (non-hydrogen) atoms. The van der Waals surface area contributed by atoms with Crippen LogP contribution in [0.4, 0.5) is 0 Å². The van der Waals surface area contributed by atoms with Crippen LogP contribution in [0, 0.1) is 19.8 Å². The fourth-order valence-electron chi connectivity index (χ4n) is 3.55. The molecule has 138 valence electrons. The van der Waals surface area contributed by atoms with Crippen molar-refractivity contribution in [2.24, 2.45) is 5.92 Å². The Morgan fingerprint density at radius 1 is 1.26 bits per heavy atom. The fourth-order valence-corrected chi connectivity index (χ4v) is 3.55. The predicted octanol–water partition coefficient (Wildman–Crippen LogP) is 2.24. The van der Waals surface area contributed by atoms with Crippen molar-refractivity contribution in [2.75, 3.05) is 13.1 Å². The van der Waals surface area contributed by atoms with E-state index in [0.29, 0.717) is 18.2 Å². The van der Waals surface area contributed by atoms with Crippen LogP contribution in [0.5, 0.6) is 0 Å². The van der Waals surface area contributed by atoms with Gasteiger partial charge in [-0.05, 0) is 44.7 Å². The number of rotatable bonds is 4. The topological polar surface area (TPSA) is 97.9 Å². The molecule has 0 saturated carbocycles. The Kier molecular flexibility index (Phi) is 4.62. The number of amides is 1. The van der Waals surface area contributed by atoms with E-state index >= 15 is 0 Å². The molecule has 0 bridgehead atoms. The average Bonchev–Trinajstić information content (AvgIpc) is 3.28. The first-order valence-electron chi connectivity index (χ1n) is 8.91. The molecule has 4 heterocycles. The standard InChI is InChI=1S/C19H20N6O2/c1-12-18(13(2)27-24-12)17-8-15(21-11-23-17)7-14-4-6-25(9-14)19(26)16-3-5-20-10-22-16/h3,5,8,10-11,14H,4,6-7,9H2,1-2H3. The maximum Gasteiger partial charge on any atom is 0.272 e. The Balaban J connectivity index is 1.45. The van der Waals surface area contributed by atoms with Gasteiger partial charge in [-0.25, -0.2) is 19.9 Å². The van der Waals surface area contributed by atoms with Gasteiger partial charge in [-0.2, -0.15) is 0 Å². The van der Waals surface area contributed by atoms with E-state index in [2.05, 4.69) is 25.1 Å². The molecule has 4 rings (SSSR count). The molecule has 1 aliphatic rings. The lowest BCUT2D eigenvalue weighted by Gasteiger charge is -2.16. The molecule has 1 fully saturated rings. The molecule has 1 atom stereocenters. The number of nitrogens with zero attached hydrogens (tertiary/aromatic N) is 6. The molecule has 1 aliphatic heterocycles. The van der Waals surface area contributed by atoms with Crippen LogP contribution in [0.1, 0.15) is 34.1 Å². The van der Waals surface area contributed by atoms with E-state index in [9.17, 15) is 4.79 Å². The summed E-state index contributed by atoms with van der Waals surface area (Å²) in [5, 5.41) is 3.99. The highest BCUT2D eigenvalue weighted by Gasteiger charge is 2.28. The zero-order valence-corrected chi connectivity index (χ0v) is 15.3. The lowest BCUT2D eigenvalue weighted by Crippen LogP contribution is -2.29. The Labute approximate surface area is 156 Å². The van der Waals surface area contributed by atoms with E-state index in [-0.39, 0.29) is 5.91 Å². The van der Waals surface area contributed by atoms with Crippen LogP contribution in [-0.4, -0.2) is 49.0 Å². The molecular weight excluding hydrogens is 344 g/mol. The summed E-state index contributed by atoms with van der Waals surface area (Å²) in [5.41, 5.74) is 3.96. The van der Waals surface area contributed by atoms with E-state index in [0.717, 1.165) is 47.8 Å². The molecule has 0 spiro atoms. The number of hydrogen-bond donors (Lipinski definition) is 0. The van der Waals surface area contributed by atoms with Crippen molar-refractivity contribution < 1.29 is 9.32 Å². The molecule has 8 nitrogen and oxygen atoms in total. The smallest absolute Gasteiger partial charge is 0.272 e. The second kappa shape index (κ2) is 7.22. The molecule has 8 heteroatoms. The van der Waals surface area contributed by atoms with Gasteiger partial charge in [0, 0.05) is 25.0 Å². The molecule has 0 radical (unpaired) electrons. The van der Waals surface area contributed by atoms with Gasteiger partial charge in [0.25, 0.3) is 5.91 Å². The lowest BCUT2D eigenvalue weighted by atomic mass is 10.0. The third-order valence-electron chi connectivity index (χ3n) is 4.89. The van der Waals surface area contributed by atoms with Crippen molar-refractivity contribution in [1.29, 1.82) is 0 Å². The minimum Gasteiger partial charge on any atom is -0.361 e. The summed E-state index contributed by atoms with van der Waals surface area (Å²) in [6.07, 6.45) is 6.31. The zero-order valence-electron chi connectivity index (χ0n) is 15.3. The first kappa shape index (κ1) is 17.3. The van der Waals surface area contributed by atoms with Gasteiger partial charge in [0.05, 0.1) is 17.0 Å². The van der Waals surface area contributed by atoms with Gasteiger partial charge in [0.2, 0.25) is 0 Å². The second-order valence-electron chi connectivity index (χ2n) is 6.80. The molecule has 3 aromatic rings. The van der Waals surface area contributed by atoms with Gasteiger partial charge in [0.1, 0.15) is 24.1 Å². The van der Waals surface area contributed by atoms with E-state index in [1.807, 2.05) is 24.8 Å². The highest BCUT2D eigenvalue weighted by Crippen LogP contribution is 2.27. The third-order valence-corrected chi connectivity index (χ3v) is 4.89. The molecule has 3 aromatic heterocycles. The van der Waals surface area contributed by atoms with Crippen molar-refractivity contribution in [2.45, 2.75) is 26.7 Å². The summed E-state index contributed by atoms with van der Waals surface area (Å²) in [6.45, 7) is 5.22. The summed E-state index contributed by atoms with van der Waals surface area (Å²) in [4.78, 5) is 31.1. The normalized spacial score (nSPS) is 16.7. The Hall–Kier alpha value is -3.16. The summed E-state index contributed by atoms with van der Waals surface area (Å²) in [7, 11) is 0. The highest BCUT2D eigenvalue weighted by atomic mass is 16.5. The Morgan fingerprint density at radius 2 is 2.15 bits per heavy atom. The quantitative estimate of drug-likeness (QED) is 0.700. The van der Waals surface area contributed by atoms with Crippen LogP contribution in [0.2, 0.25) is 0 Å². The molecule has 1 amide bonds. The SMILES string of the molecule is Cc1noc(C)c1-c1cc(CC2CCN(C(=O)c3ccncn3)C2)ncn1. The summed E-state index contributed by atoms with van der Waals surface area (Å²) in [5.74, 6) is 1.07. The molecule has 0 aromatic carbocycles. The second-order valence-corrected chi connectivity index (χ2v) is 6.80. The first-order chi connectivity index (χ1) is 13.1. The maximum absolute atomic E-state index is 12.5. The minimum atomic E-state index is -0.0426. The zero-order chi connectivity index (χ0) is 18.8. The van der Waals surface area contributed by atoms with Crippen molar-refractivity contribution in [3.8, 4) is 11.3 Å². The maximum atomic E-state index is 12.5. The molecular formula is C19H20N6O2. The Morgan fingerprint density at radius 3 is 2.89 bits per heavy atom. The van der Waals surface area contributed by atoms with Gasteiger partial charge in [0.15, 0.2) is 0 Å². The summed E-state index contributed by atoms with van der Waals surface area (Å²) >= 11 is 0. The lowest BCUT2D eigenvalue weighted by molar-refractivity contribution is 0.0781. The van der Waals surface area contributed by atoms with Crippen LogP contribution >= 0.6 is 0 Å². The van der Waals surface area contributed by atoms with E-state index < -0.39 is 0 Å². The van der Waals surface area contributed by atoms with E-state index in [1.165, 1.54) is 6.33 Å². The largest absolute Gasteiger partial charge is 0.361 e. The summed E-state index contributed by atoms with van der Waals surface area (Å²) < 4.78 is 5.24. The fraction of sp³-hybridized carbons (Fsp3) is 0.368. The number of carbonyl (C=O) groups excluding carboxylic acids is 1. The van der Waals surface area contributed by atoms with Crippen LogP contribution < -0.4 is 0 Å². The highest BCUT2D eigenvalue weighted by molar-refractivity contribution is 5.92. The van der Waals surface area contributed by atoms with Crippen LogP contribution in [0.3, 0.4) is 0 Å². The van der Waals surface area contributed by atoms with Crippen molar-refractivity contribution in [3.63, 3.8) is 0 Å². The average molecular weight is 364 g/mol. The van der Waals surface area contributed by atoms with Gasteiger partial charge in [-0.1, -0.05) is 5.16 Å². The molecule has 0 N–H and O–H groups in total. The van der Waals surface area contributed by atoms with Gasteiger partial charge >= 0.3 is 0 Å². The van der Waals surface area contributed by atoms with E-state index in [4.69, 9.17) is 4.52 Å². The van der Waals surface area contributed by atoms with E-state index in [1.54, 1.807) is 18.6 Å². The van der Waals surface area contributed by atoms with Crippen LogP contribution in [0.25, 0.3) is 11.3 Å². The van der Waals surface area contributed by atoms with Crippen LogP contribution in [0.15, 0.2) is 35.5 Å². The molecule has 1 unspecified atom stereocenters. The number of aryl methyl sites for hydroxylation is 2. The predicted molar refractivity (Wildman–Crippen MR) is 96.7 cm³/mol. The first-order valence-corrected chi connectivity index (χ1v) is 8.91. The number of likely N-dealkylation sites (tertiary alicyclic amines) is 1. The van der Waals surface area contributed by atoms with Gasteiger partial charge in [-0.3, -0.25) is 4.79 Å². The number of carbonyl (C=O) groups is 1. The van der Waals surface area contributed by atoms with Crippen LogP contribution in [-0.2, 0) is 6.42 Å². The third kappa shape index (κ3) is 3.55. The summed E-state index contributed by atoms with van der Waals surface area (Å²) in [6, 6.07) is 3.64. The number of hydrogen-bond acceptors (Lipinski definition) is 7. The monoisotopic (exact) mass is 364 g/mol. The molecule has 1 saturated heterocycles. The minimum absolute atomic E-state index is 0.0426. The number of aromatic nitrogens is 5. The van der Waals surface area contributed by atoms with Gasteiger partial charge < -0.3 is 9.42 Å². The van der Waals surface area contributed by atoms with Crippen molar-refractivity contribution in [3.05, 3.63) is 53.8 Å². The Bertz CT molecular complexity index is 936. The van der Waals surface area contributed by atoms with Gasteiger partial charge in [-0.15, -0.1) is 0 Å². The molecule has 0 aliphatic carbocycles. The van der Waals surface area contributed by atoms with Crippen molar-refractivity contribution in [1.82, 2.24) is 30.0 Å².